The first-order valence-electron chi connectivity index (χ1n) is 10.9. The maximum absolute atomic E-state index is 12.8. The van der Waals surface area contributed by atoms with Crippen molar-refractivity contribution in [3.8, 4) is 0 Å². The quantitative estimate of drug-likeness (QED) is 0.281. The average Bonchev–Trinajstić information content (AvgIpc) is 3.12. The molecule has 0 radical (unpaired) electrons. The number of aromatic nitrogens is 3. The highest BCUT2D eigenvalue weighted by Gasteiger charge is 2.18. The highest BCUT2D eigenvalue weighted by molar-refractivity contribution is 6.30. The molecule has 174 valence electrons. The Bertz CT molecular complexity index is 1420. The van der Waals surface area contributed by atoms with Crippen LogP contribution in [0, 0.1) is 13.8 Å². The largest absolute Gasteiger partial charge is 0.456 e. The molecular formula is C26H24ClN3O4. The minimum Gasteiger partial charge on any atom is -0.456 e. The highest BCUT2D eigenvalue weighted by Crippen LogP contribution is 2.18. The number of carbonyl (C=O) groups excluding carboxylic acids is 2. The molecule has 4 rings (SSSR count). The summed E-state index contributed by atoms with van der Waals surface area (Å²) in [6.07, 6.45) is 2.10. The minimum atomic E-state index is -0.677. The van der Waals surface area contributed by atoms with Crippen LogP contribution in [-0.4, -0.2) is 32.5 Å². The molecule has 2 heterocycles. The fourth-order valence-electron chi connectivity index (χ4n) is 3.95. The Kier molecular flexibility index (Phi) is 6.93. The summed E-state index contributed by atoms with van der Waals surface area (Å²) in [6, 6.07) is 16.4. The molecule has 0 saturated heterocycles. The van der Waals surface area contributed by atoms with Crippen molar-refractivity contribution in [3.63, 3.8) is 0 Å². The van der Waals surface area contributed by atoms with Crippen LogP contribution in [0.15, 0.2) is 65.7 Å². The topological polar surface area (TPSA) is 83.2 Å². The third-order valence-electron chi connectivity index (χ3n) is 5.81. The van der Waals surface area contributed by atoms with Gasteiger partial charge in [-0.05, 0) is 56.2 Å². The molecule has 0 spiro atoms. The van der Waals surface area contributed by atoms with Crippen LogP contribution < -0.4 is 5.56 Å². The van der Waals surface area contributed by atoms with Crippen LogP contribution in [-0.2, 0) is 29.0 Å². The van der Waals surface area contributed by atoms with Crippen molar-refractivity contribution in [3.05, 3.63) is 98.8 Å². The van der Waals surface area contributed by atoms with Gasteiger partial charge in [0.2, 0.25) is 5.78 Å². The van der Waals surface area contributed by atoms with Crippen LogP contribution in [0.3, 0.4) is 0 Å². The Morgan fingerprint density at radius 3 is 2.56 bits per heavy atom. The molecule has 34 heavy (non-hydrogen) atoms. The van der Waals surface area contributed by atoms with Gasteiger partial charge >= 0.3 is 5.97 Å². The van der Waals surface area contributed by atoms with E-state index in [1.807, 2.05) is 44.2 Å². The van der Waals surface area contributed by atoms with Gasteiger partial charge in [0.25, 0.3) is 5.56 Å². The number of rotatable bonds is 8. The van der Waals surface area contributed by atoms with E-state index in [-0.39, 0.29) is 17.9 Å². The van der Waals surface area contributed by atoms with E-state index in [4.69, 9.17) is 16.3 Å². The summed E-state index contributed by atoms with van der Waals surface area (Å²) in [6.45, 7) is 3.82. The number of benzene rings is 2. The Hall–Kier alpha value is -3.71. The summed E-state index contributed by atoms with van der Waals surface area (Å²) < 4.78 is 8.43. The molecule has 0 saturated carbocycles. The van der Waals surface area contributed by atoms with Crippen LogP contribution in [0.5, 0.6) is 0 Å². The van der Waals surface area contributed by atoms with E-state index < -0.39 is 12.6 Å². The van der Waals surface area contributed by atoms with Crippen LogP contribution >= 0.6 is 11.6 Å². The average molecular weight is 478 g/mol. The molecule has 0 unspecified atom stereocenters. The Balaban J connectivity index is 1.38. The van der Waals surface area contributed by atoms with E-state index in [2.05, 4.69) is 9.55 Å². The van der Waals surface area contributed by atoms with Gasteiger partial charge in [-0.3, -0.25) is 19.0 Å². The highest BCUT2D eigenvalue weighted by atomic mass is 35.5. The van der Waals surface area contributed by atoms with Crippen molar-refractivity contribution < 1.29 is 14.3 Å². The van der Waals surface area contributed by atoms with Crippen molar-refractivity contribution in [2.75, 3.05) is 6.61 Å². The lowest BCUT2D eigenvalue weighted by molar-refractivity contribution is -0.143. The molecule has 0 fully saturated rings. The normalized spacial score (nSPS) is 11.0. The zero-order valence-corrected chi connectivity index (χ0v) is 19.7. The monoisotopic (exact) mass is 477 g/mol. The van der Waals surface area contributed by atoms with Crippen molar-refractivity contribution >= 4 is 34.3 Å². The predicted molar refractivity (Wildman–Crippen MR) is 130 cm³/mol. The van der Waals surface area contributed by atoms with Gasteiger partial charge in [-0.15, -0.1) is 0 Å². The van der Waals surface area contributed by atoms with Gasteiger partial charge in [-0.1, -0.05) is 35.9 Å². The number of nitrogens with zero attached hydrogens (tertiary/aromatic N) is 3. The van der Waals surface area contributed by atoms with Crippen molar-refractivity contribution in [1.82, 2.24) is 14.1 Å². The lowest BCUT2D eigenvalue weighted by atomic mass is 10.1. The Morgan fingerprint density at radius 1 is 1.06 bits per heavy atom. The smallest absolute Gasteiger partial charge is 0.326 e. The van der Waals surface area contributed by atoms with Gasteiger partial charge in [0.05, 0.1) is 17.2 Å². The molecule has 4 aromatic rings. The van der Waals surface area contributed by atoms with Crippen molar-refractivity contribution in [1.29, 1.82) is 0 Å². The zero-order chi connectivity index (χ0) is 24.2. The first kappa shape index (κ1) is 23.4. The first-order chi connectivity index (χ1) is 16.3. The van der Waals surface area contributed by atoms with E-state index in [9.17, 15) is 14.4 Å². The number of fused-ring (bicyclic) bond motifs is 1. The van der Waals surface area contributed by atoms with Crippen LogP contribution in [0.4, 0.5) is 0 Å². The maximum atomic E-state index is 12.8. The lowest BCUT2D eigenvalue weighted by Gasteiger charge is -2.10. The third-order valence-corrected chi connectivity index (χ3v) is 6.06. The fourth-order valence-corrected chi connectivity index (χ4v) is 4.07. The van der Waals surface area contributed by atoms with Gasteiger partial charge in [0.15, 0.2) is 6.61 Å². The van der Waals surface area contributed by atoms with Crippen LogP contribution in [0.25, 0.3) is 10.9 Å². The van der Waals surface area contributed by atoms with Gasteiger partial charge in [-0.25, -0.2) is 4.98 Å². The molecule has 0 aliphatic heterocycles. The second kappa shape index (κ2) is 10.1. The summed E-state index contributed by atoms with van der Waals surface area (Å²) in [5.74, 6) is -0.966. The second-order valence-corrected chi connectivity index (χ2v) is 8.53. The van der Waals surface area contributed by atoms with E-state index in [1.165, 1.54) is 10.9 Å². The summed E-state index contributed by atoms with van der Waals surface area (Å²) in [7, 11) is 0. The second-order valence-electron chi connectivity index (χ2n) is 8.09. The number of carbonyl (C=O) groups is 2. The van der Waals surface area contributed by atoms with Crippen molar-refractivity contribution in [2.45, 2.75) is 33.4 Å². The molecule has 0 N–H and O–H groups in total. The number of ketones is 1. The molecule has 8 heteroatoms. The lowest BCUT2D eigenvalue weighted by Crippen LogP contribution is -2.26. The summed E-state index contributed by atoms with van der Waals surface area (Å²) >= 11 is 5.95. The van der Waals surface area contributed by atoms with Crippen LogP contribution in [0.2, 0.25) is 5.02 Å². The number of Topliss-reactive ketones (excluding diaryl/α,β-unsaturated/α-hetero) is 1. The van der Waals surface area contributed by atoms with Gasteiger partial charge in [0, 0.05) is 28.5 Å². The van der Waals surface area contributed by atoms with E-state index >= 15 is 0 Å². The van der Waals surface area contributed by atoms with E-state index in [0.717, 1.165) is 23.4 Å². The number of ether oxygens (including phenoxy) is 1. The molecule has 7 nitrogen and oxygen atoms in total. The first-order valence-corrected chi connectivity index (χ1v) is 11.3. The predicted octanol–water partition coefficient (Wildman–Crippen LogP) is 4.14. The number of hydrogen-bond donors (Lipinski definition) is 0. The summed E-state index contributed by atoms with van der Waals surface area (Å²) in [5.41, 5.74) is 3.66. The molecule has 0 amide bonds. The molecule has 2 aromatic carbocycles. The zero-order valence-electron chi connectivity index (χ0n) is 19.0. The maximum Gasteiger partial charge on any atom is 0.326 e. The fraction of sp³-hybridized carbons (Fsp3) is 0.231. The Morgan fingerprint density at radius 2 is 1.79 bits per heavy atom. The number of hydrogen-bond acceptors (Lipinski definition) is 5. The molecule has 0 bridgehead atoms. The third kappa shape index (κ3) is 5.10. The van der Waals surface area contributed by atoms with E-state index in [0.29, 0.717) is 28.0 Å². The van der Waals surface area contributed by atoms with Gasteiger partial charge < -0.3 is 9.30 Å². The Labute approximate surface area is 201 Å². The molecule has 0 atom stereocenters. The number of halogens is 1. The number of aryl methyl sites for hydroxylation is 2. The molecule has 0 aliphatic carbocycles. The summed E-state index contributed by atoms with van der Waals surface area (Å²) in [4.78, 5) is 41.8. The minimum absolute atomic E-state index is 0.289. The standard InChI is InChI=1S/C26H24ClN3O4/c1-17-13-22(18(2)30(17)12-11-19-7-9-20(27)10-8-19)24(31)15-34-25(32)14-29-16-28-23-6-4-3-5-21(23)26(29)33/h3-10,13,16H,11-12,14-15H2,1-2H3. The molecule has 2 aromatic heterocycles. The summed E-state index contributed by atoms with van der Waals surface area (Å²) in [5, 5.41) is 1.11. The SMILES string of the molecule is Cc1cc(C(=O)COC(=O)Cn2cnc3ccccc3c2=O)c(C)n1CCc1ccc(Cl)cc1. The van der Waals surface area contributed by atoms with Crippen LogP contribution in [0.1, 0.15) is 27.3 Å². The van der Waals surface area contributed by atoms with E-state index in [1.54, 1.807) is 24.3 Å². The molecule has 0 aliphatic rings. The number of esters is 1. The number of para-hydroxylation sites is 1. The van der Waals surface area contributed by atoms with Crippen molar-refractivity contribution in [2.24, 2.45) is 0 Å². The van der Waals surface area contributed by atoms with Gasteiger partial charge in [0.1, 0.15) is 6.54 Å². The molecular weight excluding hydrogens is 454 g/mol. The van der Waals surface area contributed by atoms with Gasteiger partial charge in [-0.2, -0.15) is 0 Å².